The van der Waals surface area contributed by atoms with E-state index in [-0.39, 0.29) is 0 Å². The molecule has 4 heterocycles. The molecule has 0 amide bonds. The van der Waals surface area contributed by atoms with Crippen molar-refractivity contribution in [3.8, 4) is 56.2 Å². The molecular formula is C57H35N3O3. The lowest BCUT2D eigenvalue weighted by Gasteiger charge is -2.12. The van der Waals surface area contributed by atoms with Gasteiger partial charge < -0.3 is 13.3 Å². The van der Waals surface area contributed by atoms with Crippen molar-refractivity contribution in [3.05, 3.63) is 194 Å². The Balaban J connectivity index is 1.06. The van der Waals surface area contributed by atoms with E-state index >= 15 is 0 Å². The maximum Gasteiger partial charge on any atom is 0.164 e. The first kappa shape index (κ1) is 35.4. The molecule has 63 heavy (non-hydrogen) atoms. The van der Waals surface area contributed by atoms with Gasteiger partial charge in [0.2, 0.25) is 0 Å². The molecule has 6 heteroatoms. The lowest BCUT2D eigenvalue weighted by Crippen LogP contribution is -2.03. The summed E-state index contributed by atoms with van der Waals surface area (Å²) in [5.74, 6) is 1.83. The highest BCUT2D eigenvalue weighted by atomic mass is 16.3. The number of furan rings is 3. The summed E-state index contributed by atoms with van der Waals surface area (Å²) in [6.07, 6.45) is 8.45. The van der Waals surface area contributed by atoms with Crippen molar-refractivity contribution in [1.82, 2.24) is 15.0 Å². The predicted octanol–water partition coefficient (Wildman–Crippen LogP) is 15.6. The average molecular weight is 810 g/mol. The number of benzene rings is 8. The van der Waals surface area contributed by atoms with Crippen LogP contribution in [0.2, 0.25) is 0 Å². The minimum absolute atomic E-state index is 0.577. The summed E-state index contributed by atoms with van der Waals surface area (Å²) >= 11 is 0. The average Bonchev–Trinajstić information content (AvgIpc) is 4.05. The third-order valence-electron chi connectivity index (χ3n) is 12.4. The molecule has 0 radical (unpaired) electrons. The summed E-state index contributed by atoms with van der Waals surface area (Å²) in [5.41, 5.74) is 13.9. The first-order valence-electron chi connectivity index (χ1n) is 21.3. The van der Waals surface area contributed by atoms with Crippen molar-refractivity contribution >= 4 is 71.4 Å². The van der Waals surface area contributed by atoms with Gasteiger partial charge in [0.25, 0.3) is 0 Å². The first-order valence-corrected chi connectivity index (χ1v) is 21.3. The summed E-state index contributed by atoms with van der Waals surface area (Å²) in [4.78, 5) is 15.6. The number of allylic oxidation sites excluding steroid dienone is 4. The molecule has 6 nitrogen and oxygen atoms in total. The molecule has 0 N–H and O–H groups in total. The van der Waals surface area contributed by atoms with E-state index in [0.29, 0.717) is 17.5 Å². The second-order valence-electron chi connectivity index (χ2n) is 16.2. The maximum absolute atomic E-state index is 6.98. The second-order valence-corrected chi connectivity index (χ2v) is 16.2. The Kier molecular flexibility index (Phi) is 7.93. The largest absolute Gasteiger partial charge is 0.456 e. The fourth-order valence-electron chi connectivity index (χ4n) is 9.33. The molecule has 0 spiro atoms. The van der Waals surface area contributed by atoms with Gasteiger partial charge in [-0.3, -0.25) is 0 Å². The first-order chi connectivity index (χ1) is 31.2. The van der Waals surface area contributed by atoms with Crippen molar-refractivity contribution in [2.75, 3.05) is 0 Å². The molecule has 0 atom stereocenters. The Hall–Kier alpha value is -8.35. The molecule has 1 aliphatic rings. The molecule has 0 fully saturated rings. The Morgan fingerprint density at radius 2 is 0.952 bits per heavy atom. The highest BCUT2D eigenvalue weighted by Gasteiger charge is 2.23. The van der Waals surface area contributed by atoms with E-state index in [1.807, 2.05) is 42.5 Å². The third-order valence-corrected chi connectivity index (χ3v) is 12.4. The molecule has 4 aromatic heterocycles. The van der Waals surface area contributed by atoms with Crippen LogP contribution in [0.5, 0.6) is 0 Å². The highest BCUT2D eigenvalue weighted by molar-refractivity contribution is 6.18. The maximum atomic E-state index is 6.98. The van der Waals surface area contributed by atoms with E-state index in [0.717, 1.165) is 129 Å². The Bertz CT molecular complexity index is 3850. The molecule has 12 aromatic rings. The molecule has 0 aliphatic heterocycles. The van der Waals surface area contributed by atoms with E-state index in [4.69, 9.17) is 28.2 Å². The minimum Gasteiger partial charge on any atom is -0.456 e. The van der Waals surface area contributed by atoms with Crippen LogP contribution in [0.15, 0.2) is 201 Å². The predicted molar refractivity (Wildman–Crippen MR) is 255 cm³/mol. The summed E-state index contributed by atoms with van der Waals surface area (Å²) in [5, 5.41) is 6.15. The fraction of sp³-hybridized carbons (Fsp3) is 0.0351. The van der Waals surface area contributed by atoms with Crippen LogP contribution in [-0.4, -0.2) is 15.0 Å². The monoisotopic (exact) mass is 809 g/mol. The van der Waals surface area contributed by atoms with Crippen LogP contribution >= 0.6 is 0 Å². The Morgan fingerprint density at radius 1 is 0.349 bits per heavy atom. The van der Waals surface area contributed by atoms with Gasteiger partial charge in [-0.1, -0.05) is 146 Å². The fourth-order valence-corrected chi connectivity index (χ4v) is 9.33. The van der Waals surface area contributed by atoms with E-state index in [1.54, 1.807) is 0 Å². The Labute approximate surface area is 361 Å². The smallest absolute Gasteiger partial charge is 0.164 e. The normalized spacial score (nSPS) is 13.0. The van der Waals surface area contributed by atoms with E-state index in [1.165, 1.54) is 0 Å². The van der Waals surface area contributed by atoms with Crippen LogP contribution in [0, 0.1) is 0 Å². The van der Waals surface area contributed by atoms with Crippen molar-refractivity contribution in [3.63, 3.8) is 0 Å². The van der Waals surface area contributed by atoms with Crippen molar-refractivity contribution in [1.29, 1.82) is 0 Å². The van der Waals surface area contributed by atoms with Gasteiger partial charge >= 0.3 is 0 Å². The van der Waals surface area contributed by atoms with Gasteiger partial charge in [-0.15, -0.1) is 0 Å². The molecular weight excluding hydrogens is 775 g/mol. The quantitative estimate of drug-likeness (QED) is 0.166. The number of aromatic nitrogens is 3. The van der Waals surface area contributed by atoms with Crippen LogP contribution < -0.4 is 0 Å². The molecule has 0 saturated heterocycles. The van der Waals surface area contributed by atoms with Gasteiger partial charge in [0.1, 0.15) is 33.5 Å². The highest BCUT2D eigenvalue weighted by Crippen LogP contribution is 2.45. The van der Waals surface area contributed by atoms with Gasteiger partial charge in [0.05, 0.1) is 0 Å². The van der Waals surface area contributed by atoms with Crippen LogP contribution in [0.1, 0.15) is 18.7 Å². The summed E-state index contributed by atoms with van der Waals surface area (Å²) in [6.45, 7) is 0. The third kappa shape index (κ3) is 5.83. The van der Waals surface area contributed by atoms with E-state index in [9.17, 15) is 0 Å². The summed E-state index contributed by atoms with van der Waals surface area (Å²) < 4.78 is 19.9. The van der Waals surface area contributed by atoms with Gasteiger partial charge in [-0.25, -0.2) is 15.0 Å². The zero-order chi connectivity index (χ0) is 41.4. The van der Waals surface area contributed by atoms with Gasteiger partial charge in [-0.2, -0.15) is 0 Å². The number of para-hydroxylation sites is 3. The van der Waals surface area contributed by atoms with Crippen LogP contribution in [0.3, 0.4) is 0 Å². The molecule has 8 aromatic carbocycles. The summed E-state index contributed by atoms with van der Waals surface area (Å²) in [7, 11) is 0. The van der Waals surface area contributed by atoms with Crippen molar-refractivity contribution in [2.45, 2.75) is 12.8 Å². The van der Waals surface area contributed by atoms with Crippen LogP contribution in [0.4, 0.5) is 0 Å². The number of hydrogen-bond donors (Lipinski definition) is 0. The van der Waals surface area contributed by atoms with Crippen LogP contribution in [-0.2, 0) is 0 Å². The number of rotatable bonds is 6. The van der Waals surface area contributed by atoms with Crippen LogP contribution in [0.25, 0.3) is 128 Å². The second kappa shape index (κ2) is 14.1. The lowest BCUT2D eigenvalue weighted by molar-refractivity contribution is 0.668. The van der Waals surface area contributed by atoms with E-state index in [2.05, 4.69) is 146 Å². The van der Waals surface area contributed by atoms with Crippen molar-refractivity contribution in [2.24, 2.45) is 0 Å². The van der Waals surface area contributed by atoms with Gasteiger partial charge in [0, 0.05) is 60.1 Å². The van der Waals surface area contributed by atoms with Gasteiger partial charge in [-0.05, 0) is 77.6 Å². The SMILES string of the molecule is C1=CC(c2nc(-c3ccc(-c4ccccc4)cc3)nc(-c3cccc4oc5c(-c6ccc7oc8ccccc8c7c6)cc(-c6cccc7c6oc6ccccc67)cc5c34)n2)=CCC1. The summed E-state index contributed by atoms with van der Waals surface area (Å²) in [6, 6.07) is 58.7. The zero-order valence-electron chi connectivity index (χ0n) is 33.9. The minimum atomic E-state index is 0.577. The number of fused-ring (bicyclic) bond motifs is 9. The van der Waals surface area contributed by atoms with E-state index < -0.39 is 0 Å². The number of hydrogen-bond acceptors (Lipinski definition) is 6. The molecule has 0 bridgehead atoms. The topological polar surface area (TPSA) is 78.1 Å². The Morgan fingerprint density at radius 3 is 1.79 bits per heavy atom. The lowest BCUT2D eigenvalue weighted by atomic mass is 9.93. The molecule has 13 rings (SSSR count). The molecule has 0 unspecified atom stereocenters. The molecule has 1 aliphatic carbocycles. The standard InChI is InChI=1S/C57H35N3O3/c1-3-13-34(14-4-1)35-25-27-37(28-26-35)56-58-55(36-15-5-2-6-16-36)59-57(60-56)44-21-12-24-51-52(44)47-33-39(40-19-11-20-43-41-17-7-10-23-49(41)62-53(40)43)32-45(54(47)63-51)38-29-30-50-46(31-38)42-18-8-9-22-48(42)61-50/h1,3-5,7-33H,2,6H2. The molecule has 0 saturated carbocycles. The molecule has 296 valence electrons. The number of nitrogens with zero attached hydrogens (tertiary/aromatic N) is 3. The van der Waals surface area contributed by atoms with Gasteiger partial charge in [0.15, 0.2) is 17.5 Å². The zero-order valence-corrected chi connectivity index (χ0v) is 33.9. The van der Waals surface area contributed by atoms with Crippen molar-refractivity contribution < 1.29 is 13.3 Å².